The molecule has 1 aromatic rings. The van der Waals surface area contributed by atoms with Gasteiger partial charge in [-0.05, 0) is 24.7 Å². The second-order valence-corrected chi connectivity index (χ2v) is 5.96. The standard InChI is InChI=1S/C15H27N3S/c1-5-18(6-2)10-11-19-15-14(8-7-9-16-15)12-17-13(3)4/h7-9,13,17H,5-6,10-12H2,1-4H3. The van der Waals surface area contributed by atoms with Crippen LogP contribution in [0.4, 0.5) is 0 Å². The summed E-state index contributed by atoms with van der Waals surface area (Å²) < 4.78 is 0. The summed E-state index contributed by atoms with van der Waals surface area (Å²) in [5.74, 6) is 1.10. The maximum Gasteiger partial charge on any atom is 0.100 e. The minimum Gasteiger partial charge on any atom is -0.310 e. The van der Waals surface area contributed by atoms with Gasteiger partial charge in [-0.3, -0.25) is 0 Å². The third kappa shape index (κ3) is 6.41. The lowest BCUT2D eigenvalue weighted by molar-refractivity contribution is 0.324. The molecule has 0 saturated carbocycles. The largest absolute Gasteiger partial charge is 0.310 e. The number of aromatic nitrogens is 1. The van der Waals surface area contributed by atoms with Crippen LogP contribution in [0, 0.1) is 0 Å². The minimum absolute atomic E-state index is 0.508. The Morgan fingerprint density at radius 1 is 1.32 bits per heavy atom. The average molecular weight is 281 g/mol. The second kappa shape index (κ2) is 9.34. The number of nitrogens with zero attached hydrogens (tertiary/aromatic N) is 2. The summed E-state index contributed by atoms with van der Waals surface area (Å²) in [5.41, 5.74) is 1.31. The van der Waals surface area contributed by atoms with Crippen molar-refractivity contribution in [2.24, 2.45) is 0 Å². The summed E-state index contributed by atoms with van der Waals surface area (Å²) >= 11 is 1.87. The molecule has 0 aromatic carbocycles. The maximum absolute atomic E-state index is 4.51. The Balaban J connectivity index is 2.48. The lowest BCUT2D eigenvalue weighted by Crippen LogP contribution is -2.25. The molecule has 0 aliphatic carbocycles. The molecule has 0 saturated heterocycles. The van der Waals surface area contributed by atoms with Crippen LogP contribution in [0.5, 0.6) is 0 Å². The highest BCUT2D eigenvalue weighted by molar-refractivity contribution is 7.99. The van der Waals surface area contributed by atoms with Crippen molar-refractivity contribution < 1.29 is 0 Å². The number of pyridine rings is 1. The Morgan fingerprint density at radius 2 is 2.05 bits per heavy atom. The molecule has 0 aliphatic rings. The van der Waals surface area contributed by atoms with Crippen molar-refractivity contribution in [3.63, 3.8) is 0 Å². The summed E-state index contributed by atoms with van der Waals surface area (Å²) in [6, 6.07) is 4.70. The van der Waals surface area contributed by atoms with Gasteiger partial charge in [0.25, 0.3) is 0 Å². The van der Waals surface area contributed by atoms with E-state index >= 15 is 0 Å². The molecule has 108 valence electrons. The van der Waals surface area contributed by atoms with Crippen LogP contribution in [0.2, 0.25) is 0 Å². The molecule has 0 amide bonds. The number of rotatable bonds is 9. The van der Waals surface area contributed by atoms with Crippen molar-refractivity contribution in [3.05, 3.63) is 23.9 Å². The average Bonchev–Trinajstić information content (AvgIpc) is 2.42. The molecule has 0 radical (unpaired) electrons. The molecular weight excluding hydrogens is 254 g/mol. The van der Waals surface area contributed by atoms with Crippen LogP contribution in [0.25, 0.3) is 0 Å². The Bertz CT molecular complexity index is 351. The van der Waals surface area contributed by atoms with Gasteiger partial charge < -0.3 is 10.2 Å². The Kier molecular flexibility index (Phi) is 8.10. The van der Waals surface area contributed by atoms with Crippen LogP contribution >= 0.6 is 11.8 Å². The first-order chi connectivity index (χ1) is 9.17. The minimum atomic E-state index is 0.508. The van der Waals surface area contributed by atoms with Gasteiger partial charge in [-0.2, -0.15) is 0 Å². The molecule has 1 rings (SSSR count). The first-order valence-corrected chi connectivity index (χ1v) is 8.18. The van der Waals surface area contributed by atoms with Crippen molar-refractivity contribution in [1.82, 2.24) is 15.2 Å². The van der Waals surface area contributed by atoms with E-state index < -0.39 is 0 Å². The van der Waals surface area contributed by atoms with E-state index in [9.17, 15) is 0 Å². The zero-order valence-electron chi connectivity index (χ0n) is 12.6. The third-order valence-corrected chi connectivity index (χ3v) is 4.12. The van der Waals surface area contributed by atoms with Gasteiger partial charge in [-0.1, -0.05) is 33.8 Å². The molecule has 1 N–H and O–H groups in total. The fourth-order valence-corrected chi connectivity index (χ4v) is 2.82. The predicted molar refractivity (Wildman–Crippen MR) is 84.7 cm³/mol. The maximum atomic E-state index is 4.51. The van der Waals surface area contributed by atoms with Crippen LogP contribution in [-0.2, 0) is 6.54 Å². The lowest BCUT2D eigenvalue weighted by Gasteiger charge is -2.17. The quantitative estimate of drug-likeness (QED) is 0.704. The van der Waals surface area contributed by atoms with Crippen LogP contribution in [0.3, 0.4) is 0 Å². The van der Waals surface area contributed by atoms with Crippen LogP contribution in [0.1, 0.15) is 33.3 Å². The Labute approximate surface area is 122 Å². The van der Waals surface area contributed by atoms with Gasteiger partial charge in [0, 0.05) is 31.1 Å². The van der Waals surface area contributed by atoms with Crippen LogP contribution in [0.15, 0.2) is 23.4 Å². The first-order valence-electron chi connectivity index (χ1n) is 7.19. The van der Waals surface area contributed by atoms with Crippen LogP contribution in [-0.4, -0.2) is 41.3 Å². The van der Waals surface area contributed by atoms with E-state index in [4.69, 9.17) is 0 Å². The highest BCUT2D eigenvalue weighted by Gasteiger charge is 2.06. The third-order valence-electron chi connectivity index (χ3n) is 3.09. The second-order valence-electron chi connectivity index (χ2n) is 4.88. The summed E-state index contributed by atoms with van der Waals surface area (Å²) in [4.78, 5) is 6.96. The van der Waals surface area contributed by atoms with E-state index in [1.54, 1.807) is 0 Å². The van der Waals surface area contributed by atoms with Gasteiger partial charge in [0.15, 0.2) is 0 Å². The summed E-state index contributed by atoms with van der Waals surface area (Å²) in [5, 5.41) is 4.63. The van der Waals surface area contributed by atoms with Gasteiger partial charge in [0.2, 0.25) is 0 Å². The molecule has 0 unspecified atom stereocenters. The van der Waals surface area contributed by atoms with Crippen molar-refractivity contribution in [1.29, 1.82) is 0 Å². The van der Waals surface area contributed by atoms with Crippen molar-refractivity contribution in [2.45, 2.75) is 45.3 Å². The lowest BCUT2D eigenvalue weighted by atomic mass is 10.2. The molecule has 0 spiro atoms. The van der Waals surface area contributed by atoms with Crippen molar-refractivity contribution in [2.75, 3.05) is 25.4 Å². The summed E-state index contributed by atoms with van der Waals surface area (Å²) in [6.45, 7) is 13.1. The van der Waals surface area contributed by atoms with Gasteiger partial charge >= 0.3 is 0 Å². The topological polar surface area (TPSA) is 28.2 Å². The molecule has 19 heavy (non-hydrogen) atoms. The molecule has 0 bridgehead atoms. The molecular formula is C15H27N3S. The molecule has 1 aromatic heterocycles. The predicted octanol–water partition coefficient (Wildman–Crippen LogP) is 3.01. The van der Waals surface area contributed by atoms with Gasteiger partial charge in [-0.15, -0.1) is 11.8 Å². The summed E-state index contributed by atoms with van der Waals surface area (Å²) in [6.07, 6.45) is 1.89. The van der Waals surface area contributed by atoms with E-state index in [2.05, 4.69) is 49.0 Å². The van der Waals surface area contributed by atoms with Gasteiger partial charge in [-0.25, -0.2) is 4.98 Å². The SMILES string of the molecule is CCN(CC)CCSc1ncccc1CNC(C)C. The smallest absolute Gasteiger partial charge is 0.100 e. The van der Waals surface area contributed by atoms with E-state index in [-0.39, 0.29) is 0 Å². The molecule has 4 heteroatoms. The van der Waals surface area contributed by atoms with Gasteiger partial charge in [0.05, 0.1) is 0 Å². The van der Waals surface area contributed by atoms with Gasteiger partial charge in [0.1, 0.15) is 5.03 Å². The zero-order valence-corrected chi connectivity index (χ0v) is 13.5. The molecule has 0 fully saturated rings. The van der Waals surface area contributed by atoms with E-state index in [0.29, 0.717) is 6.04 Å². The van der Waals surface area contributed by atoms with Crippen molar-refractivity contribution in [3.8, 4) is 0 Å². The summed E-state index contributed by atoms with van der Waals surface area (Å²) in [7, 11) is 0. The monoisotopic (exact) mass is 281 g/mol. The first kappa shape index (κ1) is 16.5. The molecule has 3 nitrogen and oxygen atoms in total. The molecule has 0 aliphatic heterocycles. The Morgan fingerprint density at radius 3 is 2.68 bits per heavy atom. The Hall–Kier alpha value is -0.580. The molecule has 1 heterocycles. The number of thioether (sulfide) groups is 1. The fourth-order valence-electron chi connectivity index (χ4n) is 1.81. The number of hydrogen-bond donors (Lipinski definition) is 1. The number of nitrogens with one attached hydrogen (secondary N) is 1. The van der Waals surface area contributed by atoms with Crippen LogP contribution < -0.4 is 5.32 Å². The fraction of sp³-hybridized carbons (Fsp3) is 0.667. The highest BCUT2D eigenvalue weighted by Crippen LogP contribution is 2.20. The van der Waals surface area contributed by atoms with E-state index in [1.807, 2.05) is 24.0 Å². The van der Waals surface area contributed by atoms with E-state index in [0.717, 1.165) is 31.9 Å². The number of hydrogen-bond acceptors (Lipinski definition) is 4. The zero-order chi connectivity index (χ0) is 14.1. The van der Waals surface area contributed by atoms with E-state index in [1.165, 1.54) is 10.6 Å². The van der Waals surface area contributed by atoms with Crippen molar-refractivity contribution >= 4 is 11.8 Å². The highest BCUT2D eigenvalue weighted by atomic mass is 32.2. The molecule has 0 atom stereocenters. The normalized spacial score (nSPS) is 11.5.